The number of halogens is 1. The van der Waals surface area contributed by atoms with Gasteiger partial charge in [0, 0.05) is 23.3 Å². The molecule has 1 heterocycles. The van der Waals surface area contributed by atoms with Crippen molar-refractivity contribution in [3.05, 3.63) is 22.4 Å². The van der Waals surface area contributed by atoms with E-state index in [9.17, 15) is 0 Å². The van der Waals surface area contributed by atoms with Gasteiger partial charge in [-0.15, -0.1) is 11.3 Å². The van der Waals surface area contributed by atoms with Crippen LogP contribution in [0.1, 0.15) is 37.0 Å². The van der Waals surface area contributed by atoms with Gasteiger partial charge in [-0.3, -0.25) is 0 Å². The summed E-state index contributed by atoms with van der Waals surface area (Å²) in [6, 6.07) is 4.40. The predicted molar refractivity (Wildman–Crippen MR) is 84.8 cm³/mol. The molecule has 1 nitrogen and oxygen atoms in total. The van der Waals surface area contributed by atoms with Crippen LogP contribution in [-0.2, 0) is 6.42 Å². The van der Waals surface area contributed by atoms with Crippen molar-refractivity contribution in [2.45, 2.75) is 38.5 Å². The first kappa shape index (κ1) is 14.5. The Morgan fingerprint density at radius 3 is 2.72 bits per heavy atom. The van der Waals surface area contributed by atoms with Crippen LogP contribution in [0.15, 0.2) is 17.5 Å². The predicted octanol–water partition coefficient (Wildman–Crippen LogP) is 4.57. The summed E-state index contributed by atoms with van der Waals surface area (Å²) in [5, 5.41) is 3.35. The minimum atomic E-state index is 0.544. The lowest BCUT2D eigenvalue weighted by Crippen LogP contribution is -2.39. The monoisotopic (exact) mass is 329 g/mol. The van der Waals surface area contributed by atoms with Crippen molar-refractivity contribution in [1.82, 2.24) is 4.90 Å². The highest BCUT2D eigenvalue weighted by molar-refractivity contribution is 9.09. The third-order valence-corrected chi connectivity index (χ3v) is 6.25. The number of nitrogens with zero attached hydrogens (tertiary/aromatic N) is 1. The molecule has 0 atom stereocenters. The van der Waals surface area contributed by atoms with Gasteiger partial charge in [-0.25, -0.2) is 0 Å². The normalized spacial score (nSPS) is 19.3. The maximum absolute atomic E-state index is 3.76. The number of hydrogen-bond acceptors (Lipinski definition) is 2. The van der Waals surface area contributed by atoms with Gasteiger partial charge < -0.3 is 4.90 Å². The average Bonchev–Trinajstić information content (AvgIpc) is 2.91. The van der Waals surface area contributed by atoms with Gasteiger partial charge in [0.25, 0.3) is 0 Å². The molecule has 0 amide bonds. The van der Waals surface area contributed by atoms with Gasteiger partial charge in [-0.05, 0) is 43.2 Å². The molecule has 0 bridgehead atoms. The molecule has 1 aromatic heterocycles. The van der Waals surface area contributed by atoms with Crippen molar-refractivity contribution in [2.24, 2.45) is 5.41 Å². The third-order valence-electron chi connectivity index (χ3n) is 4.12. The molecule has 1 aromatic rings. The van der Waals surface area contributed by atoms with Gasteiger partial charge in [0.05, 0.1) is 0 Å². The van der Waals surface area contributed by atoms with Crippen LogP contribution >= 0.6 is 27.3 Å². The number of hydrogen-bond donors (Lipinski definition) is 0. The second-order valence-corrected chi connectivity index (χ2v) is 7.35. The van der Waals surface area contributed by atoms with Crippen molar-refractivity contribution in [2.75, 3.05) is 25.5 Å². The molecule has 1 aliphatic rings. The van der Waals surface area contributed by atoms with Crippen LogP contribution in [0.25, 0.3) is 0 Å². The lowest BCUT2D eigenvalue weighted by molar-refractivity contribution is 0.146. The standard InChI is InChI=1S/C15H24BrNS/c1-17(10-7-14-6-5-11-18-14)13-15(12-16)8-3-2-4-9-15/h5-6,11H,2-4,7-10,12-13H2,1H3. The number of likely N-dealkylation sites (N-methyl/N-ethyl adjacent to an activating group) is 1. The molecule has 0 N–H and O–H groups in total. The summed E-state index contributed by atoms with van der Waals surface area (Å²) in [4.78, 5) is 4.05. The highest BCUT2D eigenvalue weighted by Gasteiger charge is 2.31. The molecule has 0 radical (unpaired) electrons. The third kappa shape index (κ3) is 4.07. The molecule has 0 unspecified atom stereocenters. The molecule has 0 spiro atoms. The van der Waals surface area contributed by atoms with Gasteiger partial charge in [0.15, 0.2) is 0 Å². The smallest absolute Gasteiger partial charge is 0.0100 e. The highest BCUT2D eigenvalue weighted by Crippen LogP contribution is 2.38. The van der Waals surface area contributed by atoms with E-state index >= 15 is 0 Å². The summed E-state index contributed by atoms with van der Waals surface area (Å²) < 4.78 is 0. The molecule has 0 aliphatic heterocycles. The van der Waals surface area contributed by atoms with Crippen LogP contribution in [0.2, 0.25) is 0 Å². The van der Waals surface area contributed by atoms with Gasteiger partial charge in [0.2, 0.25) is 0 Å². The van der Waals surface area contributed by atoms with E-state index in [1.165, 1.54) is 61.8 Å². The maximum Gasteiger partial charge on any atom is 0.0100 e. The first-order chi connectivity index (χ1) is 8.74. The summed E-state index contributed by atoms with van der Waals surface area (Å²) in [5.41, 5.74) is 0.544. The fraction of sp³-hybridized carbons (Fsp3) is 0.733. The first-order valence-corrected chi connectivity index (χ1v) is 9.01. The summed E-state index contributed by atoms with van der Waals surface area (Å²) in [6.45, 7) is 2.44. The number of rotatable bonds is 6. The fourth-order valence-corrected chi connectivity index (χ4v) is 4.48. The Morgan fingerprint density at radius 1 is 1.33 bits per heavy atom. The van der Waals surface area contributed by atoms with Crippen LogP contribution in [0.3, 0.4) is 0 Å². The average molecular weight is 330 g/mol. The molecular formula is C15H24BrNS. The molecule has 2 rings (SSSR count). The Kier molecular flexibility index (Phi) is 5.71. The molecule has 0 saturated heterocycles. The Morgan fingerprint density at radius 2 is 2.11 bits per heavy atom. The van der Waals surface area contributed by atoms with Crippen molar-refractivity contribution in [1.29, 1.82) is 0 Å². The minimum absolute atomic E-state index is 0.544. The van der Waals surface area contributed by atoms with Crippen LogP contribution < -0.4 is 0 Å². The lowest BCUT2D eigenvalue weighted by atomic mass is 9.75. The zero-order valence-electron chi connectivity index (χ0n) is 11.3. The van der Waals surface area contributed by atoms with Crippen molar-refractivity contribution in [3.63, 3.8) is 0 Å². The van der Waals surface area contributed by atoms with Crippen molar-refractivity contribution >= 4 is 27.3 Å². The summed E-state index contributed by atoms with van der Waals surface area (Å²) in [6.07, 6.45) is 8.29. The van der Waals surface area contributed by atoms with Crippen LogP contribution in [0, 0.1) is 5.41 Å². The molecule has 3 heteroatoms. The van der Waals surface area contributed by atoms with Crippen molar-refractivity contribution in [3.8, 4) is 0 Å². The SMILES string of the molecule is CN(CCc1cccs1)CC1(CBr)CCCCC1. The van der Waals surface area contributed by atoms with E-state index in [4.69, 9.17) is 0 Å². The summed E-state index contributed by atoms with van der Waals surface area (Å²) >= 11 is 5.64. The molecule has 1 fully saturated rings. The van der Waals surface area contributed by atoms with E-state index in [0.717, 1.165) is 0 Å². The molecular weight excluding hydrogens is 306 g/mol. The summed E-state index contributed by atoms with van der Waals surface area (Å²) in [7, 11) is 2.28. The molecule has 18 heavy (non-hydrogen) atoms. The Labute approximate surface area is 124 Å². The van der Waals surface area contributed by atoms with Gasteiger partial charge in [-0.1, -0.05) is 41.3 Å². The van der Waals surface area contributed by atoms with Crippen LogP contribution in [0.5, 0.6) is 0 Å². The van der Waals surface area contributed by atoms with Crippen LogP contribution in [-0.4, -0.2) is 30.4 Å². The van der Waals surface area contributed by atoms with E-state index in [2.05, 4.69) is 45.4 Å². The molecule has 1 aliphatic carbocycles. The van der Waals surface area contributed by atoms with E-state index in [-0.39, 0.29) is 0 Å². The topological polar surface area (TPSA) is 3.24 Å². The Hall–Kier alpha value is 0.140. The number of alkyl halides is 1. The number of thiophene rings is 1. The van der Waals surface area contributed by atoms with Crippen molar-refractivity contribution < 1.29 is 0 Å². The first-order valence-electron chi connectivity index (χ1n) is 7.01. The second kappa shape index (κ2) is 7.06. The van der Waals surface area contributed by atoms with Gasteiger partial charge in [0.1, 0.15) is 0 Å². The Balaban J connectivity index is 1.79. The molecule has 0 aromatic carbocycles. The molecule has 102 valence electrons. The Bertz CT molecular complexity index is 330. The zero-order chi connectivity index (χ0) is 12.8. The molecule has 1 saturated carbocycles. The maximum atomic E-state index is 3.76. The largest absolute Gasteiger partial charge is 0.305 e. The quantitative estimate of drug-likeness (QED) is 0.691. The van der Waals surface area contributed by atoms with Gasteiger partial charge in [-0.2, -0.15) is 0 Å². The van der Waals surface area contributed by atoms with E-state index in [1.54, 1.807) is 0 Å². The van der Waals surface area contributed by atoms with Gasteiger partial charge >= 0.3 is 0 Å². The minimum Gasteiger partial charge on any atom is -0.305 e. The van der Waals surface area contributed by atoms with E-state index in [1.807, 2.05) is 11.3 Å². The fourth-order valence-electron chi connectivity index (χ4n) is 3.04. The van der Waals surface area contributed by atoms with E-state index in [0.29, 0.717) is 5.41 Å². The lowest BCUT2D eigenvalue weighted by Gasteiger charge is -2.39. The van der Waals surface area contributed by atoms with E-state index < -0.39 is 0 Å². The second-order valence-electron chi connectivity index (χ2n) is 5.76. The van der Waals surface area contributed by atoms with Crippen LogP contribution in [0.4, 0.5) is 0 Å². The summed E-state index contributed by atoms with van der Waals surface area (Å²) in [5.74, 6) is 0. The highest BCUT2D eigenvalue weighted by atomic mass is 79.9. The zero-order valence-corrected chi connectivity index (χ0v) is 13.7.